The van der Waals surface area contributed by atoms with E-state index in [0.717, 1.165) is 0 Å². The molecule has 4 aromatic rings. The third-order valence-corrected chi connectivity index (χ3v) is 5.81. The van der Waals surface area contributed by atoms with Crippen molar-refractivity contribution in [2.24, 2.45) is 0 Å². The largest absolute Gasteiger partial charge is 0.573 e. The number of alkyl halides is 3. The van der Waals surface area contributed by atoms with E-state index in [2.05, 4.69) is 30.7 Å². The second kappa shape index (κ2) is 13.4. The van der Waals surface area contributed by atoms with Gasteiger partial charge in [-0.2, -0.15) is 0 Å². The summed E-state index contributed by atoms with van der Waals surface area (Å²) in [6.07, 6.45) is 1.12. The van der Waals surface area contributed by atoms with E-state index in [0.29, 0.717) is 37.2 Å². The molecule has 0 aliphatic heterocycles. The number of carbonyl (C=O) groups excluding carboxylic acids is 2. The summed E-state index contributed by atoms with van der Waals surface area (Å²) in [4.78, 5) is 41.3. The molecule has 0 radical (unpaired) electrons. The minimum atomic E-state index is -4.81. The number of carbonyl (C=O) groups is 2. The predicted octanol–water partition coefficient (Wildman–Crippen LogP) is 3.07. The molecular weight excluding hydrogens is 543 g/mol. The number of hydrogen-bond donors (Lipinski definition) is 2. The van der Waals surface area contributed by atoms with E-state index >= 15 is 0 Å². The standard InChI is InChI=1S/C27H26F3N7O4/c28-27(29,30)41-22-8-5-6-19(14-22)16-32-26(40)23-18-37(35-34-23)12-4-3-11-36-13-9-20(15-24(36)38)25(39)33-17-21-7-1-2-10-31-21/h1-2,5-10,13-15,18H,3-4,11-12,16-17H2,(H,32,40)(H,33,39). The molecule has 1 aromatic carbocycles. The van der Waals surface area contributed by atoms with E-state index in [1.807, 2.05) is 6.07 Å². The molecule has 2 amide bonds. The summed E-state index contributed by atoms with van der Waals surface area (Å²) < 4.78 is 44.1. The van der Waals surface area contributed by atoms with Crippen molar-refractivity contribution in [3.63, 3.8) is 0 Å². The van der Waals surface area contributed by atoms with Crippen LogP contribution in [0.2, 0.25) is 0 Å². The van der Waals surface area contributed by atoms with Crippen molar-refractivity contribution in [3.05, 3.63) is 106 Å². The van der Waals surface area contributed by atoms with E-state index in [4.69, 9.17) is 0 Å². The fourth-order valence-electron chi connectivity index (χ4n) is 3.80. The molecule has 0 saturated carbocycles. The third kappa shape index (κ3) is 9.02. The minimum absolute atomic E-state index is 0.0276. The van der Waals surface area contributed by atoms with Gasteiger partial charge in [-0.15, -0.1) is 18.3 Å². The third-order valence-electron chi connectivity index (χ3n) is 5.81. The Morgan fingerprint density at radius 2 is 1.73 bits per heavy atom. The van der Waals surface area contributed by atoms with Crippen molar-refractivity contribution in [2.75, 3.05) is 0 Å². The van der Waals surface area contributed by atoms with Gasteiger partial charge in [0.25, 0.3) is 17.4 Å². The molecule has 3 heterocycles. The highest BCUT2D eigenvalue weighted by Gasteiger charge is 2.31. The summed E-state index contributed by atoms with van der Waals surface area (Å²) in [5.41, 5.74) is 1.14. The first kappa shape index (κ1) is 29.0. The lowest BCUT2D eigenvalue weighted by atomic mass is 10.2. The molecule has 0 aliphatic carbocycles. The van der Waals surface area contributed by atoms with Crippen molar-refractivity contribution in [2.45, 2.75) is 45.4 Å². The van der Waals surface area contributed by atoms with E-state index in [1.165, 1.54) is 39.7 Å². The van der Waals surface area contributed by atoms with Crippen LogP contribution in [0, 0.1) is 0 Å². The number of amides is 2. The van der Waals surface area contributed by atoms with Crippen LogP contribution in [0.1, 0.15) is 44.9 Å². The molecular formula is C27H26F3N7O4. The Labute approximate surface area is 232 Å². The Hall–Kier alpha value is -5.01. The van der Waals surface area contributed by atoms with E-state index in [1.54, 1.807) is 36.7 Å². The Bertz CT molecular complexity index is 1540. The van der Waals surface area contributed by atoms with Crippen LogP contribution in [0.4, 0.5) is 13.2 Å². The molecule has 14 heteroatoms. The number of halogens is 3. The van der Waals surface area contributed by atoms with Crippen molar-refractivity contribution in [3.8, 4) is 5.75 Å². The maximum Gasteiger partial charge on any atom is 0.573 e. The number of nitrogens with one attached hydrogen (secondary N) is 2. The lowest BCUT2D eigenvalue weighted by Crippen LogP contribution is -2.27. The van der Waals surface area contributed by atoms with Gasteiger partial charge in [0.05, 0.1) is 18.4 Å². The molecule has 0 saturated heterocycles. The molecule has 4 rings (SSSR count). The predicted molar refractivity (Wildman–Crippen MR) is 140 cm³/mol. The fraction of sp³-hybridized carbons (Fsp3) is 0.259. The monoisotopic (exact) mass is 569 g/mol. The number of nitrogens with zero attached hydrogens (tertiary/aromatic N) is 5. The Balaban J connectivity index is 1.19. The van der Waals surface area contributed by atoms with Crippen molar-refractivity contribution < 1.29 is 27.5 Å². The van der Waals surface area contributed by atoms with Gasteiger partial charge in [-0.3, -0.25) is 24.0 Å². The topological polar surface area (TPSA) is 133 Å². The van der Waals surface area contributed by atoms with Gasteiger partial charge in [-0.25, -0.2) is 0 Å². The Morgan fingerprint density at radius 3 is 2.49 bits per heavy atom. The zero-order chi connectivity index (χ0) is 29.2. The molecule has 11 nitrogen and oxygen atoms in total. The second-order valence-electron chi connectivity index (χ2n) is 8.90. The van der Waals surface area contributed by atoms with Crippen molar-refractivity contribution in [1.82, 2.24) is 35.2 Å². The first-order valence-corrected chi connectivity index (χ1v) is 12.6. The maximum absolute atomic E-state index is 12.4. The quantitative estimate of drug-likeness (QED) is 0.251. The first-order valence-electron chi connectivity index (χ1n) is 12.6. The number of aryl methyl sites for hydroxylation is 2. The van der Waals surface area contributed by atoms with Gasteiger partial charge in [0.1, 0.15) is 5.75 Å². The van der Waals surface area contributed by atoms with E-state index < -0.39 is 12.3 Å². The van der Waals surface area contributed by atoms with Crippen molar-refractivity contribution >= 4 is 11.8 Å². The summed E-state index contributed by atoms with van der Waals surface area (Å²) in [6, 6.07) is 13.6. The smallest absolute Gasteiger partial charge is 0.406 e. The maximum atomic E-state index is 12.4. The minimum Gasteiger partial charge on any atom is -0.406 e. The molecule has 0 unspecified atom stereocenters. The lowest BCUT2D eigenvalue weighted by Gasteiger charge is -2.10. The summed E-state index contributed by atoms with van der Waals surface area (Å²) in [5, 5.41) is 13.1. The fourth-order valence-corrected chi connectivity index (χ4v) is 3.80. The zero-order valence-electron chi connectivity index (χ0n) is 21.7. The highest BCUT2D eigenvalue weighted by Crippen LogP contribution is 2.23. The normalized spacial score (nSPS) is 11.2. The van der Waals surface area contributed by atoms with Crippen LogP contribution in [-0.4, -0.2) is 42.7 Å². The number of benzene rings is 1. The van der Waals surface area contributed by atoms with E-state index in [9.17, 15) is 27.6 Å². The molecule has 41 heavy (non-hydrogen) atoms. The van der Waals surface area contributed by atoms with Crippen LogP contribution in [0.5, 0.6) is 5.75 Å². The van der Waals surface area contributed by atoms with Gasteiger partial charge < -0.3 is 19.9 Å². The number of hydrogen-bond acceptors (Lipinski definition) is 7. The highest BCUT2D eigenvalue weighted by molar-refractivity contribution is 5.94. The SMILES string of the molecule is O=C(NCc1ccccn1)c1ccn(CCCCn2cc(C(=O)NCc3cccc(OC(F)(F)F)c3)nn2)c(=O)c1. The van der Waals surface area contributed by atoms with Gasteiger partial charge in [0.15, 0.2) is 5.69 Å². The summed E-state index contributed by atoms with van der Waals surface area (Å²) in [6.45, 7) is 1.09. The summed E-state index contributed by atoms with van der Waals surface area (Å²) >= 11 is 0. The van der Waals surface area contributed by atoms with Crippen LogP contribution in [0.3, 0.4) is 0 Å². The number of aromatic nitrogens is 5. The van der Waals surface area contributed by atoms with Gasteiger partial charge in [0.2, 0.25) is 0 Å². The molecule has 0 bridgehead atoms. The molecule has 3 aromatic heterocycles. The highest BCUT2D eigenvalue weighted by atomic mass is 19.4. The number of unbranched alkanes of at least 4 members (excludes halogenated alkanes) is 1. The van der Waals surface area contributed by atoms with Crippen LogP contribution in [-0.2, 0) is 26.2 Å². The summed E-state index contributed by atoms with van der Waals surface area (Å²) in [7, 11) is 0. The molecule has 2 N–H and O–H groups in total. The Morgan fingerprint density at radius 1 is 0.927 bits per heavy atom. The molecule has 0 fully saturated rings. The second-order valence-corrected chi connectivity index (χ2v) is 8.90. The van der Waals surface area contributed by atoms with Gasteiger partial charge >= 0.3 is 6.36 Å². The van der Waals surface area contributed by atoms with Gasteiger partial charge in [0, 0.05) is 43.7 Å². The number of pyridine rings is 2. The molecule has 0 atom stereocenters. The van der Waals surface area contributed by atoms with E-state index in [-0.39, 0.29) is 41.6 Å². The van der Waals surface area contributed by atoms with Gasteiger partial charge in [-0.05, 0) is 48.7 Å². The molecule has 0 spiro atoms. The average Bonchev–Trinajstić information content (AvgIpc) is 3.42. The average molecular weight is 570 g/mol. The molecule has 214 valence electrons. The number of rotatable bonds is 12. The number of ether oxygens (including phenoxy) is 1. The zero-order valence-corrected chi connectivity index (χ0v) is 21.7. The first-order chi connectivity index (χ1) is 19.7. The van der Waals surface area contributed by atoms with Crippen LogP contribution in [0.25, 0.3) is 0 Å². The Kier molecular flexibility index (Phi) is 9.45. The lowest BCUT2D eigenvalue weighted by molar-refractivity contribution is -0.274. The molecule has 0 aliphatic rings. The van der Waals surface area contributed by atoms with Crippen molar-refractivity contribution in [1.29, 1.82) is 0 Å². The summed E-state index contributed by atoms with van der Waals surface area (Å²) in [5.74, 6) is -1.28. The van der Waals surface area contributed by atoms with Crippen LogP contribution < -0.4 is 20.9 Å². The van der Waals surface area contributed by atoms with Gasteiger partial charge in [-0.1, -0.05) is 23.4 Å². The van der Waals surface area contributed by atoms with Crippen LogP contribution >= 0.6 is 0 Å². The van der Waals surface area contributed by atoms with Crippen LogP contribution in [0.15, 0.2) is 78.0 Å².